The number of pyridine rings is 1. The number of fused-ring (bicyclic) bond motifs is 1. The number of amides is 1. The topological polar surface area (TPSA) is 42.0 Å². The molecular formula is C15H10ClFN2O. The van der Waals surface area contributed by atoms with Crippen molar-refractivity contribution >= 4 is 34.8 Å². The first kappa shape index (κ1) is 12.8. The van der Waals surface area contributed by atoms with Crippen LogP contribution in [0.2, 0.25) is 5.02 Å². The van der Waals surface area contributed by atoms with Crippen molar-refractivity contribution in [3.63, 3.8) is 0 Å². The maximum atomic E-state index is 13.9. The highest BCUT2D eigenvalue weighted by atomic mass is 35.5. The lowest BCUT2D eigenvalue weighted by Gasteiger charge is -2.01. The van der Waals surface area contributed by atoms with Gasteiger partial charge in [-0.25, -0.2) is 4.39 Å². The van der Waals surface area contributed by atoms with Crippen LogP contribution in [-0.2, 0) is 4.79 Å². The largest absolute Gasteiger partial charge is 0.321 e. The molecule has 1 aromatic heterocycles. The lowest BCUT2D eigenvalue weighted by atomic mass is 10.1. The van der Waals surface area contributed by atoms with Crippen molar-refractivity contribution in [3.05, 3.63) is 58.1 Å². The molecule has 2 aromatic rings. The molecule has 2 heterocycles. The summed E-state index contributed by atoms with van der Waals surface area (Å²) in [7, 11) is 0. The van der Waals surface area contributed by atoms with Crippen LogP contribution in [0.15, 0.2) is 30.5 Å². The second-order valence-electron chi connectivity index (χ2n) is 4.53. The number of nitrogens with one attached hydrogen (secondary N) is 1. The van der Waals surface area contributed by atoms with Gasteiger partial charge < -0.3 is 5.32 Å². The first-order valence-electron chi connectivity index (χ1n) is 6.00. The van der Waals surface area contributed by atoms with Crippen molar-refractivity contribution in [2.24, 2.45) is 0 Å². The van der Waals surface area contributed by atoms with E-state index in [4.69, 9.17) is 11.6 Å². The zero-order valence-corrected chi connectivity index (χ0v) is 11.3. The summed E-state index contributed by atoms with van der Waals surface area (Å²) in [6.45, 7) is 1.84. The van der Waals surface area contributed by atoms with Crippen molar-refractivity contribution in [3.8, 4) is 0 Å². The SMILES string of the molecule is Cc1cc2c(cn1)C(=Cc1cccc(Cl)c1F)C(=O)N2. The minimum absolute atomic E-state index is 0.0278. The van der Waals surface area contributed by atoms with E-state index in [1.165, 1.54) is 12.1 Å². The molecule has 0 spiro atoms. The molecular weight excluding hydrogens is 279 g/mol. The Morgan fingerprint density at radius 3 is 3.00 bits per heavy atom. The van der Waals surface area contributed by atoms with Gasteiger partial charge in [-0.1, -0.05) is 23.7 Å². The van der Waals surface area contributed by atoms with Crippen molar-refractivity contribution in [2.75, 3.05) is 5.32 Å². The molecule has 3 rings (SSSR count). The van der Waals surface area contributed by atoms with Crippen LogP contribution in [0.1, 0.15) is 16.8 Å². The van der Waals surface area contributed by atoms with Gasteiger partial charge in [0, 0.05) is 23.0 Å². The van der Waals surface area contributed by atoms with Crippen LogP contribution in [0.5, 0.6) is 0 Å². The number of nitrogens with zero attached hydrogens (tertiary/aromatic N) is 1. The van der Waals surface area contributed by atoms with E-state index >= 15 is 0 Å². The molecule has 3 nitrogen and oxygen atoms in total. The lowest BCUT2D eigenvalue weighted by molar-refractivity contribution is -0.110. The summed E-state index contributed by atoms with van der Waals surface area (Å²) in [5.41, 5.74) is 2.82. The molecule has 0 saturated heterocycles. The molecule has 1 amide bonds. The summed E-state index contributed by atoms with van der Waals surface area (Å²) in [6.07, 6.45) is 3.09. The molecule has 100 valence electrons. The zero-order chi connectivity index (χ0) is 14.3. The van der Waals surface area contributed by atoms with Gasteiger partial charge in [-0.15, -0.1) is 0 Å². The highest BCUT2D eigenvalue weighted by Gasteiger charge is 2.25. The fraction of sp³-hybridized carbons (Fsp3) is 0.0667. The van der Waals surface area contributed by atoms with Crippen LogP contribution in [0.4, 0.5) is 10.1 Å². The van der Waals surface area contributed by atoms with Gasteiger partial charge in [0.15, 0.2) is 0 Å². The Bertz CT molecular complexity index is 756. The third kappa shape index (κ3) is 2.08. The first-order valence-corrected chi connectivity index (χ1v) is 6.38. The standard InChI is InChI=1S/C15H10ClFN2O/c1-8-5-13-11(7-18-8)10(15(20)19-13)6-9-3-2-4-12(16)14(9)17/h2-7H,1H3,(H,19,20). The molecule has 0 aliphatic carbocycles. The van der Waals surface area contributed by atoms with E-state index in [0.717, 1.165) is 5.69 Å². The molecule has 0 saturated carbocycles. The number of benzene rings is 1. The van der Waals surface area contributed by atoms with Gasteiger partial charge in [-0.2, -0.15) is 0 Å². The van der Waals surface area contributed by atoms with Crippen LogP contribution >= 0.6 is 11.6 Å². The average Bonchev–Trinajstić information content (AvgIpc) is 2.70. The Hall–Kier alpha value is -2.20. The molecule has 0 atom stereocenters. The van der Waals surface area contributed by atoms with Crippen molar-refractivity contribution in [2.45, 2.75) is 6.92 Å². The van der Waals surface area contributed by atoms with E-state index in [9.17, 15) is 9.18 Å². The van der Waals surface area contributed by atoms with Gasteiger partial charge in [-0.3, -0.25) is 9.78 Å². The minimum atomic E-state index is -0.539. The molecule has 0 radical (unpaired) electrons. The molecule has 1 N–H and O–H groups in total. The van der Waals surface area contributed by atoms with Gasteiger partial charge >= 0.3 is 0 Å². The molecule has 5 heteroatoms. The molecule has 1 aliphatic heterocycles. The summed E-state index contributed by atoms with van der Waals surface area (Å²) in [5, 5.41) is 2.77. The molecule has 0 bridgehead atoms. The second-order valence-corrected chi connectivity index (χ2v) is 4.93. The normalized spacial score (nSPS) is 15.3. The van der Waals surface area contributed by atoms with Crippen LogP contribution in [0.3, 0.4) is 0 Å². The number of hydrogen-bond acceptors (Lipinski definition) is 2. The Morgan fingerprint density at radius 1 is 1.40 bits per heavy atom. The number of halogens is 2. The Kier molecular flexibility index (Phi) is 3.03. The van der Waals surface area contributed by atoms with Gasteiger partial charge in [-0.05, 0) is 25.1 Å². The van der Waals surface area contributed by atoms with E-state index in [0.29, 0.717) is 16.8 Å². The Morgan fingerprint density at radius 2 is 2.20 bits per heavy atom. The van der Waals surface area contributed by atoms with Crippen LogP contribution in [-0.4, -0.2) is 10.9 Å². The summed E-state index contributed by atoms with van der Waals surface area (Å²) >= 11 is 5.74. The quantitative estimate of drug-likeness (QED) is 0.814. The summed E-state index contributed by atoms with van der Waals surface area (Å²) in [4.78, 5) is 16.1. The number of hydrogen-bond donors (Lipinski definition) is 1. The van der Waals surface area contributed by atoms with E-state index in [-0.39, 0.29) is 16.5 Å². The predicted molar refractivity (Wildman–Crippen MR) is 76.9 cm³/mol. The summed E-state index contributed by atoms with van der Waals surface area (Å²) in [5.74, 6) is -0.810. The monoisotopic (exact) mass is 288 g/mol. The Labute approximate surface area is 120 Å². The van der Waals surface area contributed by atoms with E-state index in [1.807, 2.05) is 6.92 Å². The summed E-state index contributed by atoms with van der Waals surface area (Å²) in [6, 6.07) is 6.45. The van der Waals surface area contributed by atoms with E-state index in [1.54, 1.807) is 24.4 Å². The molecule has 0 fully saturated rings. The first-order chi connectivity index (χ1) is 9.56. The second kappa shape index (κ2) is 4.72. The summed E-state index contributed by atoms with van der Waals surface area (Å²) < 4.78 is 13.9. The van der Waals surface area contributed by atoms with Gasteiger partial charge in [0.1, 0.15) is 5.82 Å². The number of carbonyl (C=O) groups excluding carboxylic acids is 1. The number of anilines is 1. The molecule has 1 aliphatic rings. The maximum absolute atomic E-state index is 13.9. The minimum Gasteiger partial charge on any atom is -0.321 e. The smallest absolute Gasteiger partial charge is 0.256 e. The molecule has 0 unspecified atom stereocenters. The fourth-order valence-electron chi connectivity index (χ4n) is 2.12. The number of carbonyl (C=O) groups is 1. The van der Waals surface area contributed by atoms with Crippen molar-refractivity contribution < 1.29 is 9.18 Å². The van der Waals surface area contributed by atoms with Crippen molar-refractivity contribution in [1.29, 1.82) is 0 Å². The third-order valence-corrected chi connectivity index (χ3v) is 3.40. The van der Waals surface area contributed by atoms with E-state index in [2.05, 4.69) is 10.3 Å². The third-order valence-electron chi connectivity index (χ3n) is 3.10. The van der Waals surface area contributed by atoms with Gasteiger partial charge in [0.25, 0.3) is 5.91 Å². The molecule has 1 aromatic carbocycles. The molecule has 20 heavy (non-hydrogen) atoms. The zero-order valence-electron chi connectivity index (χ0n) is 10.6. The Balaban J connectivity index is 2.14. The van der Waals surface area contributed by atoms with Crippen LogP contribution < -0.4 is 5.32 Å². The van der Waals surface area contributed by atoms with Crippen LogP contribution in [0, 0.1) is 12.7 Å². The lowest BCUT2D eigenvalue weighted by Crippen LogP contribution is -2.03. The van der Waals surface area contributed by atoms with Crippen LogP contribution in [0.25, 0.3) is 11.6 Å². The fourth-order valence-corrected chi connectivity index (χ4v) is 2.30. The average molecular weight is 289 g/mol. The van der Waals surface area contributed by atoms with Gasteiger partial charge in [0.05, 0.1) is 16.3 Å². The number of rotatable bonds is 1. The maximum Gasteiger partial charge on any atom is 0.256 e. The number of aromatic nitrogens is 1. The van der Waals surface area contributed by atoms with E-state index < -0.39 is 5.82 Å². The highest BCUT2D eigenvalue weighted by Crippen LogP contribution is 2.33. The van der Waals surface area contributed by atoms with Crippen molar-refractivity contribution in [1.82, 2.24) is 4.98 Å². The predicted octanol–water partition coefficient (Wildman–Crippen LogP) is 3.68. The van der Waals surface area contributed by atoms with Gasteiger partial charge in [0.2, 0.25) is 0 Å². The number of aryl methyl sites for hydroxylation is 1. The highest BCUT2D eigenvalue weighted by molar-refractivity contribution is 6.35.